The number of aryl methyl sites for hydroxylation is 1. The average molecular weight is 475 g/mol. The highest BCUT2D eigenvalue weighted by Gasteiger charge is 2.45. The lowest BCUT2D eigenvalue weighted by Crippen LogP contribution is -2.49. The molecule has 0 radical (unpaired) electrons. The Labute approximate surface area is 193 Å². The van der Waals surface area contributed by atoms with E-state index in [-0.39, 0.29) is 18.3 Å². The van der Waals surface area contributed by atoms with Gasteiger partial charge >= 0.3 is 6.03 Å². The number of aromatic nitrogens is 1. The average Bonchev–Trinajstić information content (AvgIpc) is 3.09. The molecule has 2 aliphatic heterocycles. The summed E-state index contributed by atoms with van der Waals surface area (Å²) < 4.78 is 33.4. The van der Waals surface area contributed by atoms with Gasteiger partial charge in [-0.15, -0.1) is 0 Å². The molecule has 2 aliphatic rings. The van der Waals surface area contributed by atoms with Crippen LogP contribution in [0.4, 0.5) is 4.79 Å². The number of pyridine rings is 1. The monoisotopic (exact) mass is 474 g/mol. The third-order valence-corrected chi connectivity index (χ3v) is 8.48. The van der Waals surface area contributed by atoms with Crippen LogP contribution in [0.25, 0.3) is 10.9 Å². The Balaban J connectivity index is 1.31. The van der Waals surface area contributed by atoms with Crippen LogP contribution in [0.2, 0.25) is 0 Å². The van der Waals surface area contributed by atoms with Crippen LogP contribution in [0.3, 0.4) is 0 Å². The maximum absolute atomic E-state index is 12.9. The first kappa shape index (κ1) is 23.6. The van der Waals surface area contributed by atoms with Crippen molar-refractivity contribution in [3.05, 3.63) is 41.6 Å². The zero-order valence-electron chi connectivity index (χ0n) is 19.0. The van der Waals surface area contributed by atoms with Gasteiger partial charge in [-0.25, -0.2) is 17.5 Å². The number of rotatable bonds is 8. The lowest BCUT2D eigenvalue weighted by atomic mass is 9.93. The summed E-state index contributed by atoms with van der Waals surface area (Å²) in [5.74, 6) is -0.654. The number of piperidine rings is 1. The predicted molar refractivity (Wildman–Crippen MR) is 124 cm³/mol. The quantitative estimate of drug-likeness (QED) is 0.567. The van der Waals surface area contributed by atoms with E-state index in [0.29, 0.717) is 39.0 Å². The van der Waals surface area contributed by atoms with E-state index in [4.69, 9.17) is 4.74 Å². The summed E-state index contributed by atoms with van der Waals surface area (Å²) in [6, 6.07) is 9.42. The molecule has 178 valence electrons. The standard InChI is InChI=1S/C23H30N4O5S/c1-3-23(21(28)25-22(29)26-23)10-13-33(30,31)27-11-8-18(9-12-27)32-15-17-14-16(2)24-20-7-5-4-6-19(17)20/h4-7,14,18H,3,8-13,15H2,1-2H3,(H2,25,26,28,29). The number of imide groups is 1. The van der Waals surface area contributed by atoms with Crippen LogP contribution in [-0.4, -0.2) is 60.1 Å². The van der Waals surface area contributed by atoms with Gasteiger partial charge in [-0.2, -0.15) is 0 Å². The summed E-state index contributed by atoms with van der Waals surface area (Å²) in [7, 11) is -3.55. The minimum Gasteiger partial charge on any atom is -0.373 e. The van der Waals surface area contributed by atoms with Crippen LogP contribution in [0.1, 0.15) is 43.9 Å². The van der Waals surface area contributed by atoms with Gasteiger partial charge in [0.25, 0.3) is 5.91 Å². The van der Waals surface area contributed by atoms with Gasteiger partial charge in [0.05, 0.1) is 24.0 Å². The van der Waals surface area contributed by atoms with Crippen molar-refractivity contribution in [2.75, 3.05) is 18.8 Å². The Hall–Kier alpha value is -2.56. The highest BCUT2D eigenvalue weighted by atomic mass is 32.2. The first-order valence-corrected chi connectivity index (χ1v) is 12.9. The molecule has 2 N–H and O–H groups in total. The number of hydrogen-bond acceptors (Lipinski definition) is 6. The molecular weight excluding hydrogens is 444 g/mol. The number of fused-ring (bicyclic) bond motifs is 1. The molecular formula is C23H30N4O5S. The van der Waals surface area contributed by atoms with Crippen molar-refractivity contribution < 1.29 is 22.7 Å². The third-order valence-electron chi connectivity index (χ3n) is 6.60. The molecule has 1 unspecified atom stereocenters. The molecule has 1 aromatic heterocycles. The molecule has 33 heavy (non-hydrogen) atoms. The molecule has 0 spiro atoms. The summed E-state index contributed by atoms with van der Waals surface area (Å²) in [6.07, 6.45) is 1.58. The second kappa shape index (κ2) is 9.36. The largest absolute Gasteiger partial charge is 0.373 e. The number of sulfonamides is 1. The molecule has 3 amide bonds. The van der Waals surface area contributed by atoms with Crippen molar-refractivity contribution in [1.82, 2.24) is 19.9 Å². The fraction of sp³-hybridized carbons (Fsp3) is 0.522. The topological polar surface area (TPSA) is 118 Å². The van der Waals surface area contributed by atoms with Gasteiger partial charge in [-0.05, 0) is 50.3 Å². The van der Waals surface area contributed by atoms with Crippen LogP contribution in [-0.2, 0) is 26.2 Å². The van der Waals surface area contributed by atoms with E-state index in [1.54, 1.807) is 6.92 Å². The Bertz CT molecular complexity index is 1160. The number of para-hydroxylation sites is 1. The summed E-state index contributed by atoms with van der Waals surface area (Å²) in [5, 5.41) is 5.86. The van der Waals surface area contributed by atoms with Gasteiger partial charge in [-0.1, -0.05) is 25.1 Å². The predicted octanol–water partition coefficient (Wildman–Crippen LogP) is 2.23. The first-order chi connectivity index (χ1) is 15.7. The molecule has 0 aliphatic carbocycles. The number of nitrogens with zero attached hydrogens (tertiary/aromatic N) is 2. The van der Waals surface area contributed by atoms with Crippen molar-refractivity contribution in [2.45, 2.75) is 57.8 Å². The lowest BCUT2D eigenvalue weighted by Gasteiger charge is -2.32. The Kier molecular flexibility index (Phi) is 6.69. The smallest absolute Gasteiger partial charge is 0.322 e. The van der Waals surface area contributed by atoms with Gasteiger partial charge in [0.2, 0.25) is 10.0 Å². The number of benzene rings is 1. The Morgan fingerprint density at radius 1 is 1.21 bits per heavy atom. The summed E-state index contributed by atoms with van der Waals surface area (Å²) in [4.78, 5) is 28.2. The van der Waals surface area contributed by atoms with Crippen LogP contribution < -0.4 is 10.6 Å². The number of carbonyl (C=O) groups is 2. The van der Waals surface area contributed by atoms with Crippen molar-refractivity contribution >= 4 is 32.9 Å². The minimum atomic E-state index is -3.55. The van der Waals surface area contributed by atoms with Crippen LogP contribution in [0.15, 0.2) is 30.3 Å². The normalized spacial score (nSPS) is 22.5. The second-order valence-electron chi connectivity index (χ2n) is 8.76. The molecule has 1 aromatic carbocycles. The van der Waals surface area contributed by atoms with E-state index >= 15 is 0 Å². The van der Waals surface area contributed by atoms with Gasteiger partial charge in [0, 0.05) is 24.2 Å². The number of amides is 3. The van der Waals surface area contributed by atoms with Gasteiger partial charge in [0.1, 0.15) is 5.54 Å². The molecule has 4 rings (SSSR count). The van der Waals surface area contributed by atoms with Crippen LogP contribution in [0, 0.1) is 6.92 Å². The van der Waals surface area contributed by atoms with Gasteiger partial charge in [-0.3, -0.25) is 15.1 Å². The fourth-order valence-corrected chi connectivity index (χ4v) is 6.19. The maximum Gasteiger partial charge on any atom is 0.322 e. The molecule has 2 aromatic rings. The van der Waals surface area contributed by atoms with E-state index in [0.717, 1.165) is 22.2 Å². The highest BCUT2D eigenvalue weighted by Crippen LogP contribution is 2.25. The van der Waals surface area contributed by atoms with Crippen molar-refractivity contribution in [3.8, 4) is 0 Å². The van der Waals surface area contributed by atoms with Crippen molar-refractivity contribution in [2.24, 2.45) is 0 Å². The molecule has 2 fully saturated rings. The molecule has 1 atom stereocenters. The van der Waals surface area contributed by atoms with Crippen LogP contribution >= 0.6 is 0 Å². The van der Waals surface area contributed by atoms with E-state index < -0.39 is 27.5 Å². The van der Waals surface area contributed by atoms with Crippen molar-refractivity contribution in [1.29, 1.82) is 0 Å². The molecule has 3 heterocycles. The third kappa shape index (κ3) is 5.02. The lowest BCUT2D eigenvalue weighted by molar-refractivity contribution is -0.124. The number of urea groups is 1. The zero-order valence-corrected chi connectivity index (χ0v) is 19.8. The Morgan fingerprint density at radius 3 is 2.61 bits per heavy atom. The molecule has 10 heteroatoms. The molecule has 2 saturated heterocycles. The first-order valence-electron chi connectivity index (χ1n) is 11.3. The number of hydrogen-bond donors (Lipinski definition) is 2. The maximum atomic E-state index is 12.9. The minimum absolute atomic E-state index is 0.0226. The van der Waals surface area contributed by atoms with E-state index in [1.807, 2.05) is 37.3 Å². The summed E-state index contributed by atoms with van der Waals surface area (Å²) >= 11 is 0. The van der Waals surface area contributed by atoms with E-state index in [9.17, 15) is 18.0 Å². The SMILES string of the molecule is CCC1(CCS(=O)(=O)N2CCC(OCc3cc(C)nc4ccccc34)CC2)NC(=O)NC1=O. The fourth-order valence-electron chi connectivity index (χ4n) is 4.56. The molecule has 0 bridgehead atoms. The van der Waals surface area contributed by atoms with E-state index in [2.05, 4.69) is 15.6 Å². The summed E-state index contributed by atoms with van der Waals surface area (Å²) in [5.41, 5.74) is 1.80. The van der Waals surface area contributed by atoms with Gasteiger partial charge in [0.15, 0.2) is 0 Å². The number of carbonyl (C=O) groups excluding carboxylic acids is 2. The van der Waals surface area contributed by atoms with E-state index in [1.165, 1.54) is 4.31 Å². The molecule has 0 saturated carbocycles. The highest BCUT2D eigenvalue weighted by molar-refractivity contribution is 7.89. The Morgan fingerprint density at radius 2 is 1.94 bits per heavy atom. The van der Waals surface area contributed by atoms with Crippen LogP contribution in [0.5, 0.6) is 0 Å². The zero-order chi connectivity index (χ0) is 23.6. The number of ether oxygens (including phenoxy) is 1. The second-order valence-corrected chi connectivity index (χ2v) is 10.8. The van der Waals surface area contributed by atoms with Crippen molar-refractivity contribution in [3.63, 3.8) is 0 Å². The molecule has 9 nitrogen and oxygen atoms in total. The van der Waals surface area contributed by atoms with Gasteiger partial charge < -0.3 is 10.1 Å². The number of nitrogens with one attached hydrogen (secondary N) is 2. The summed E-state index contributed by atoms with van der Waals surface area (Å²) in [6.45, 7) is 4.92.